The van der Waals surface area contributed by atoms with E-state index in [-0.39, 0.29) is 23.3 Å². The van der Waals surface area contributed by atoms with Crippen molar-refractivity contribution in [3.8, 4) is 0 Å². The van der Waals surface area contributed by atoms with Crippen LogP contribution >= 0.6 is 22.9 Å². The second-order valence-electron chi connectivity index (χ2n) is 8.52. The minimum atomic E-state index is -0.311. The summed E-state index contributed by atoms with van der Waals surface area (Å²) in [6.07, 6.45) is 2.04. The van der Waals surface area contributed by atoms with E-state index in [1.54, 1.807) is 4.90 Å². The Morgan fingerprint density at radius 1 is 1.27 bits per heavy atom. The molecule has 0 atom stereocenters. The van der Waals surface area contributed by atoms with Gasteiger partial charge in [0, 0.05) is 29.4 Å². The van der Waals surface area contributed by atoms with Crippen LogP contribution in [0.5, 0.6) is 0 Å². The van der Waals surface area contributed by atoms with Crippen LogP contribution in [-0.4, -0.2) is 58.6 Å². The van der Waals surface area contributed by atoms with Crippen molar-refractivity contribution in [3.05, 3.63) is 50.9 Å². The van der Waals surface area contributed by atoms with Gasteiger partial charge in [0.15, 0.2) is 0 Å². The van der Waals surface area contributed by atoms with Crippen molar-refractivity contribution < 1.29 is 14.3 Å². The zero-order valence-corrected chi connectivity index (χ0v) is 18.8. The van der Waals surface area contributed by atoms with Crippen LogP contribution in [0.15, 0.2) is 29.6 Å². The maximum absolute atomic E-state index is 12.8. The SMILES string of the molecule is CC1(C)COCN1C(=O)c1csc(C2CCN(C(=O)Cc3ccccc3Cl)CC2)n1. The molecule has 160 valence electrons. The van der Waals surface area contributed by atoms with Crippen molar-refractivity contribution in [3.63, 3.8) is 0 Å². The first-order valence-corrected chi connectivity index (χ1v) is 11.5. The maximum atomic E-state index is 12.8. The molecule has 1 aromatic heterocycles. The van der Waals surface area contributed by atoms with Crippen molar-refractivity contribution in [2.45, 2.75) is 44.6 Å². The Kier molecular flexibility index (Phi) is 6.14. The minimum absolute atomic E-state index is 0.0765. The Morgan fingerprint density at radius 3 is 2.67 bits per heavy atom. The lowest BCUT2D eigenvalue weighted by Gasteiger charge is -2.31. The predicted octanol–water partition coefficient (Wildman–Crippen LogP) is 3.95. The average Bonchev–Trinajstić information content (AvgIpc) is 3.36. The molecule has 0 unspecified atom stereocenters. The largest absolute Gasteiger partial charge is 0.359 e. The lowest BCUT2D eigenvalue weighted by molar-refractivity contribution is -0.131. The minimum Gasteiger partial charge on any atom is -0.359 e. The van der Waals surface area contributed by atoms with Crippen LogP contribution in [0, 0.1) is 0 Å². The second kappa shape index (κ2) is 8.65. The van der Waals surface area contributed by atoms with Crippen molar-refractivity contribution in [1.82, 2.24) is 14.8 Å². The molecule has 3 heterocycles. The van der Waals surface area contributed by atoms with Gasteiger partial charge in [0.25, 0.3) is 5.91 Å². The highest BCUT2D eigenvalue weighted by molar-refractivity contribution is 7.09. The number of thiazole rings is 1. The van der Waals surface area contributed by atoms with Crippen LogP contribution in [0.2, 0.25) is 5.02 Å². The van der Waals surface area contributed by atoms with Gasteiger partial charge in [-0.3, -0.25) is 9.59 Å². The van der Waals surface area contributed by atoms with E-state index in [0.717, 1.165) is 23.4 Å². The van der Waals surface area contributed by atoms with Crippen molar-refractivity contribution in [2.75, 3.05) is 26.4 Å². The third-order valence-corrected chi connectivity index (χ3v) is 7.26. The average molecular weight is 448 g/mol. The highest BCUT2D eigenvalue weighted by Gasteiger charge is 2.38. The van der Waals surface area contributed by atoms with Crippen LogP contribution in [0.4, 0.5) is 0 Å². The first-order chi connectivity index (χ1) is 14.3. The molecule has 2 amide bonds. The predicted molar refractivity (Wildman–Crippen MR) is 117 cm³/mol. The first kappa shape index (κ1) is 21.3. The summed E-state index contributed by atoms with van der Waals surface area (Å²) >= 11 is 7.72. The smallest absolute Gasteiger partial charge is 0.275 e. The summed E-state index contributed by atoms with van der Waals surface area (Å²) in [4.78, 5) is 33.8. The molecule has 0 N–H and O–H groups in total. The van der Waals surface area contributed by atoms with Crippen molar-refractivity contribution >= 4 is 34.8 Å². The molecule has 8 heteroatoms. The fourth-order valence-corrected chi connectivity index (χ4v) is 5.14. The number of benzene rings is 1. The highest BCUT2D eigenvalue weighted by atomic mass is 35.5. The third-order valence-electron chi connectivity index (χ3n) is 5.89. The number of nitrogens with zero attached hydrogens (tertiary/aromatic N) is 3. The van der Waals surface area contributed by atoms with Crippen molar-refractivity contribution in [2.24, 2.45) is 0 Å². The molecule has 2 aliphatic heterocycles. The van der Waals surface area contributed by atoms with E-state index in [0.29, 0.717) is 43.6 Å². The monoisotopic (exact) mass is 447 g/mol. The van der Waals surface area contributed by atoms with Crippen LogP contribution in [0.1, 0.15) is 53.7 Å². The number of halogens is 1. The third kappa shape index (κ3) is 4.38. The van der Waals surface area contributed by atoms with Gasteiger partial charge in [-0.2, -0.15) is 0 Å². The molecule has 0 saturated carbocycles. The molecular weight excluding hydrogens is 422 g/mol. The molecular formula is C22H26ClN3O3S. The molecule has 0 aliphatic carbocycles. The Morgan fingerprint density at radius 2 is 2.00 bits per heavy atom. The van der Waals surface area contributed by atoms with Gasteiger partial charge in [0.1, 0.15) is 12.4 Å². The van der Waals surface area contributed by atoms with Crippen LogP contribution in [0.3, 0.4) is 0 Å². The van der Waals surface area contributed by atoms with E-state index in [1.807, 2.05) is 48.4 Å². The van der Waals surface area contributed by atoms with E-state index >= 15 is 0 Å². The van der Waals surface area contributed by atoms with Crippen molar-refractivity contribution in [1.29, 1.82) is 0 Å². The quantitative estimate of drug-likeness (QED) is 0.711. The summed E-state index contributed by atoms with van der Waals surface area (Å²) in [5.74, 6) is 0.309. The number of piperidine rings is 1. The van der Waals surface area contributed by atoms with Gasteiger partial charge in [0.05, 0.1) is 23.6 Å². The molecule has 2 saturated heterocycles. The maximum Gasteiger partial charge on any atom is 0.275 e. The lowest BCUT2D eigenvalue weighted by Crippen LogP contribution is -2.44. The summed E-state index contributed by atoms with van der Waals surface area (Å²) in [6, 6.07) is 7.48. The van der Waals surface area contributed by atoms with E-state index in [1.165, 1.54) is 11.3 Å². The topological polar surface area (TPSA) is 62.7 Å². The van der Waals surface area contributed by atoms with Gasteiger partial charge < -0.3 is 14.5 Å². The summed E-state index contributed by atoms with van der Waals surface area (Å²) in [5.41, 5.74) is 1.04. The first-order valence-electron chi connectivity index (χ1n) is 10.2. The molecule has 4 rings (SSSR count). The van der Waals surface area contributed by atoms with E-state index in [9.17, 15) is 9.59 Å². The number of carbonyl (C=O) groups is 2. The molecule has 0 bridgehead atoms. The number of carbonyl (C=O) groups excluding carboxylic acids is 2. The van der Waals surface area contributed by atoms with Gasteiger partial charge >= 0.3 is 0 Å². The van der Waals surface area contributed by atoms with Crippen LogP contribution in [0.25, 0.3) is 0 Å². The number of amides is 2. The number of aromatic nitrogens is 1. The fraction of sp³-hybridized carbons (Fsp3) is 0.500. The molecule has 30 heavy (non-hydrogen) atoms. The Bertz CT molecular complexity index is 937. The number of hydrogen-bond donors (Lipinski definition) is 0. The molecule has 2 aromatic rings. The van der Waals surface area contributed by atoms with Gasteiger partial charge in [-0.05, 0) is 38.3 Å². The summed E-state index contributed by atoms with van der Waals surface area (Å²) in [6.45, 7) is 6.25. The number of rotatable bonds is 4. The van der Waals surface area contributed by atoms with E-state index < -0.39 is 0 Å². The molecule has 0 radical (unpaired) electrons. The summed E-state index contributed by atoms with van der Waals surface area (Å²) < 4.78 is 5.46. The zero-order valence-electron chi connectivity index (χ0n) is 17.3. The van der Waals surface area contributed by atoms with E-state index in [2.05, 4.69) is 4.98 Å². The van der Waals surface area contributed by atoms with Gasteiger partial charge in [-0.1, -0.05) is 29.8 Å². The Hall–Kier alpha value is -1.96. The molecule has 1 aromatic carbocycles. The number of ether oxygens (including phenoxy) is 1. The van der Waals surface area contributed by atoms with E-state index in [4.69, 9.17) is 16.3 Å². The van der Waals surface area contributed by atoms with Gasteiger partial charge in [0.2, 0.25) is 5.91 Å². The van der Waals surface area contributed by atoms with Gasteiger partial charge in [-0.25, -0.2) is 4.98 Å². The number of likely N-dealkylation sites (tertiary alicyclic amines) is 1. The standard InChI is InChI=1S/C22H26ClN3O3S/c1-22(2)13-29-14-26(22)21(28)18-12-30-20(24-18)15-7-9-25(10-8-15)19(27)11-16-5-3-4-6-17(16)23/h3-6,12,15H,7-11,13-14H2,1-2H3. The normalized spacial score (nSPS) is 19.3. The molecule has 6 nitrogen and oxygen atoms in total. The summed E-state index contributed by atoms with van der Waals surface area (Å²) in [5, 5.41) is 3.46. The summed E-state index contributed by atoms with van der Waals surface area (Å²) in [7, 11) is 0. The zero-order chi connectivity index (χ0) is 21.3. The molecule has 2 aliphatic rings. The Labute approximate surface area is 185 Å². The molecule has 0 spiro atoms. The van der Waals surface area contributed by atoms with Crippen LogP contribution in [-0.2, 0) is 16.0 Å². The lowest BCUT2D eigenvalue weighted by atomic mass is 9.97. The van der Waals surface area contributed by atoms with Gasteiger partial charge in [-0.15, -0.1) is 11.3 Å². The highest BCUT2D eigenvalue weighted by Crippen LogP contribution is 2.32. The second-order valence-corrected chi connectivity index (χ2v) is 9.81. The number of hydrogen-bond acceptors (Lipinski definition) is 5. The Balaban J connectivity index is 1.34. The molecule has 2 fully saturated rings. The van der Waals surface area contributed by atoms with Crippen LogP contribution < -0.4 is 0 Å². The fourth-order valence-electron chi connectivity index (χ4n) is 3.98.